The lowest BCUT2D eigenvalue weighted by Gasteiger charge is -2.31. The second-order valence-corrected chi connectivity index (χ2v) is 7.07. The zero-order valence-electron chi connectivity index (χ0n) is 12.3. The van der Waals surface area contributed by atoms with Crippen molar-refractivity contribution in [1.82, 2.24) is 0 Å². The van der Waals surface area contributed by atoms with Crippen LogP contribution in [-0.2, 0) is 5.41 Å². The molecule has 117 valence electrons. The summed E-state index contributed by atoms with van der Waals surface area (Å²) in [6, 6.07) is 11.3. The number of unbranched alkanes of at least 4 members (excludes halogenated alkanes) is 1. The highest BCUT2D eigenvalue weighted by molar-refractivity contribution is 6.42. The van der Waals surface area contributed by atoms with Gasteiger partial charge in [0.25, 0.3) is 0 Å². The van der Waals surface area contributed by atoms with Gasteiger partial charge in [-0.15, -0.1) is 0 Å². The quantitative estimate of drug-likeness (QED) is 0.505. The molecule has 0 bridgehead atoms. The van der Waals surface area contributed by atoms with Crippen molar-refractivity contribution in [2.75, 3.05) is 0 Å². The minimum absolute atomic E-state index is 0.432. The van der Waals surface area contributed by atoms with Crippen molar-refractivity contribution in [2.24, 2.45) is 0 Å². The number of hydrogen-bond acceptors (Lipinski definition) is 0. The SMILES string of the molecule is [CH2]C(CCCC)(c1ccc(Cl)c(Cl)c1)c1ccc(Cl)c(Cl)c1. The molecule has 2 rings (SSSR count). The molecule has 0 fully saturated rings. The molecule has 0 nitrogen and oxygen atoms in total. The van der Waals surface area contributed by atoms with Crippen LogP contribution in [0.15, 0.2) is 36.4 Å². The van der Waals surface area contributed by atoms with Gasteiger partial charge in [-0.3, -0.25) is 0 Å². The fraction of sp³-hybridized carbons (Fsp3) is 0.278. The van der Waals surface area contributed by atoms with Gasteiger partial charge in [0, 0.05) is 5.41 Å². The first-order valence-corrected chi connectivity index (χ1v) is 8.66. The van der Waals surface area contributed by atoms with Crippen molar-refractivity contribution < 1.29 is 0 Å². The molecular formula is C18H17Cl4. The van der Waals surface area contributed by atoms with Crippen LogP contribution < -0.4 is 0 Å². The highest BCUT2D eigenvalue weighted by Crippen LogP contribution is 2.40. The Kier molecular flexibility index (Phi) is 6.07. The van der Waals surface area contributed by atoms with Crippen LogP contribution in [0.25, 0.3) is 0 Å². The zero-order valence-corrected chi connectivity index (χ0v) is 15.3. The van der Waals surface area contributed by atoms with Gasteiger partial charge in [-0.05, 0) is 48.7 Å². The van der Waals surface area contributed by atoms with Gasteiger partial charge < -0.3 is 0 Å². The molecule has 0 amide bonds. The summed E-state index contributed by atoms with van der Waals surface area (Å²) in [5.41, 5.74) is 1.61. The van der Waals surface area contributed by atoms with Gasteiger partial charge in [0.05, 0.1) is 20.1 Å². The maximum absolute atomic E-state index is 6.19. The Morgan fingerprint density at radius 1 is 0.818 bits per heavy atom. The molecule has 0 aliphatic heterocycles. The summed E-state index contributed by atoms with van der Waals surface area (Å²) in [5.74, 6) is 0. The van der Waals surface area contributed by atoms with Crippen molar-refractivity contribution in [3.05, 3.63) is 74.5 Å². The second-order valence-electron chi connectivity index (χ2n) is 5.44. The van der Waals surface area contributed by atoms with E-state index in [1.807, 2.05) is 36.4 Å². The smallest absolute Gasteiger partial charge is 0.0595 e. The maximum atomic E-state index is 6.19. The summed E-state index contributed by atoms with van der Waals surface area (Å²) in [5, 5.41) is 2.14. The van der Waals surface area contributed by atoms with Gasteiger partial charge in [-0.25, -0.2) is 0 Å². The van der Waals surface area contributed by atoms with Crippen LogP contribution in [0.3, 0.4) is 0 Å². The minimum atomic E-state index is -0.432. The first-order chi connectivity index (χ1) is 10.4. The monoisotopic (exact) mass is 373 g/mol. The number of hydrogen-bond donors (Lipinski definition) is 0. The van der Waals surface area contributed by atoms with E-state index >= 15 is 0 Å². The highest BCUT2D eigenvalue weighted by atomic mass is 35.5. The van der Waals surface area contributed by atoms with Crippen LogP contribution in [0.4, 0.5) is 0 Å². The van der Waals surface area contributed by atoms with Gasteiger partial charge in [-0.2, -0.15) is 0 Å². The molecule has 0 atom stereocenters. The van der Waals surface area contributed by atoms with Crippen LogP contribution in [0.5, 0.6) is 0 Å². The van der Waals surface area contributed by atoms with Crippen LogP contribution >= 0.6 is 46.4 Å². The summed E-state index contributed by atoms with van der Waals surface area (Å²) < 4.78 is 0. The predicted octanol–water partition coefficient (Wildman–Crippen LogP) is 7.61. The lowest BCUT2D eigenvalue weighted by Crippen LogP contribution is -2.24. The summed E-state index contributed by atoms with van der Waals surface area (Å²) >= 11 is 24.5. The van der Waals surface area contributed by atoms with Crippen molar-refractivity contribution in [3.8, 4) is 0 Å². The third kappa shape index (κ3) is 3.74. The molecule has 0 unspecified atom stereocenters. The maximum Gasteiger partial charge on any atom is 0.0595 e. The van der Waals surface area contributed by atoms with Crippen molar-refractivity contribution in [1.29, 1.82) is 0 Å². The first-order valence-electron chi connectivity index (χ1n) is 7.15. The Morgan fingerprint density at radius 3 is 1.64 bits per heavy atom. The Labute approximate surface area is 152 Å². The molecule has 4 heteroatoms. The fourth-order valence-corrected chi connectivity index (χ4v) is 3.12. The minimum Gasteiger partial charge on any atom is -0.0827 e. The van der Waals surface area contributed by atoms with Crippen molar-refractivity contribution >= 4 is 46.4 Å². The number of rotatable bonds is 5. The summed E-state index contributed by atoms with van der Waals surface area (Å²) in [6.45, 7) is 6.64. The molecule has 0 aliphatic carbocycles. The zero-order chi connectivity index (χ0) is 16.3. The summed E-state index contributed by atoms with van der Waals surface area (Å²) in [6.07, 6.45) is 3.02. The van der Waals surface area contributed by atoms with Crippen molar-refractivity contribution in [3.63, 3.8) is 0 Å². The summed E-state index contributed by atoms with van der Waals surface area (Å²) in [7, 11) is 0. The lowest BCUT2D eigenvalue weighted by atomic mass is 9.73. The van der Waals surface area contributed by atoms with E-state index in [1.54, 1.807) is 0 Å². The standard InChI is InChI=1S/C18H17Cl4/c1-3-4-9-18(2,12-5-7-14(19)16(21)10-12)13-6-8-15(20)17(22)11-13/h5-8,10-11H,2-4,9H2,1H3. The molecule has 0 spiro atoms. The Bertz CT molecular complexity index is 613. The number of halogens is 4. The molecule has 0 aromatic heterocycles. The van der Waals surface area contributed by atoms with Crippen LogP contribution in [0.2, 0.25) is 20.1 Å². The fourth-order valence-electron chi connectivity index (χ4n) is 2.52. The van der Waals surface area contributed by atoms with Crippen LogP contribution in [0.1, 0.15) is 37.3 Å². The van der Waals surface area contributed by atoms with Gasteiger partial charge in [0.15, 0.2) is 0 Å². The van der Waals surface area contributed by atoms with E-state index in [1.165, 1.54) is 0 Å². The topological polar surface area (TPSA) is 0 Å². The average Bonchev–Trinajstić information content (AvgIpc) is 2.50. The number of benzene rings is 2. The average molecular weight is 375 g/mol. The molecule has 2 aromatic rings. The second kappa shape index (κ2) is 7.45. The van der Waals surface area contributed by atoms with Gasteiger partial charge in [0.1, 0.15) is 0 Å². The third-order valence-electron chi connectivity index (χ3n) is 3.90. The first kappa shape index (κ1) is 17.9. The van der Waals surface area contributed by atoms with Crippen molar-refractivity contribution in [2.45, 2.75) is 31.6 Å². The molecule has 0 heterocycles. The molecule has 22 heavy (non-hydrogen) atoms. The molecule has 1 radical (unpaired) electrons. The summed E-state index contributed by atoms with van der Waals surface area (Å²) in [4.78, 5) is 0. The van der Waals surface area contributed by atoms with Crippen LogP contribution in [-0.4, -0.2) is 0 Å². The molecule has 0 N–H and O–H groups in total. The Hall–Kier alpha value is -0.400. The molecular weight excluding hydrogens is 358 g/mol. The van der Waals surface area contributed by atoms with E-state index in [9.17, 15) is 0 Å². The van der Waals surface area contributed by atoms with E-state index in [2.05, 4.69) is 13.8 Å². The van der Waals surface area contributed by atoms with E-state index in [4.69, 9.17) is 46.4 Å². The van der Waals surface area contributed by atoms with E-state index in [-0.39, 0.29) is 0 Å². The predicted molar refractivity (Wildman–Crippen MR) is 98.6 cm³/mol. The van der Waals surface area contributed by atoms with E-state index < -0.39 is 5.41 Å². The largest absolute Gasteiger partial charge is 0.0827 e. The van der Waals surface area contributed by atoms with E-state index in [0.717, 1.165) is 30.4 Å². The molecule has 0 saturated heterocycles. The Morgan fingerprint density at radius 2 is 1.27 bits per heavy atom. The normalized spacial score (nSPS) is 11.7. The lowest BCUT2D eigenvalue weighted by molar-refractivity contribution is 0.541. The highest BCUT2D eigenvalue weighted by Gasteiger charge is 2.29. The molecule has 0 saturated carbocycles. The molecule has 0 aliphatic rings. The Balaban J connectivity index is 2.55. The third-order valence-corrected chi connectivity index (χ3v) is 5.38. The van der Waals surface area contributed by atoms with Gasteiger partial charge in [0.2, 0.25) is 0 Å². The van der Waals surface area contributed by atoms with Gasteiger partial charge in [-0.1, -0.05) is 78.3 Å². The molecule has 2 aromatic carbocycles. The van der Waals surface area contributed by atoms with Crippen LogP contribution in [0, 0.1) is 6.92 Å². The van der Waals surface area contributed by atoms with Gasteiger partial charge >= 0.3 is 0 Å². The van der Waals surface area contributed by atoms with E-state index in [0.29, 0.717) is 20.1 Å².